The fourth-order valence-corrected chi connectivity index (χ4v) is 3.28. The number of nitrogens with zero attached hydrogens (tertiary/aromatic N) is 3. The Labute approximate surface area is 150 Å². The summed E-state index contributed by atoms with van der Waals surface area (Å²) in [6, 6.07) is 3.67. The van der Waals surface area contributed by atoms with Gasteiger partial charge in [-0.05, 0) is 19.1 Å². The van der Waals surface area contributed by atoms with Crippen LogP contribution in [0.2, 0.25) is 0 Å². The number of carbonyl (C=O) groups is 2. The van der Waals surface area contributed by atoms with Crippen LogP contribution in [0.1, 0.15) is 12.2 Å². The van der Waals surface area contributed by atoms with Crippen LogP contribution in [0.25, 0.3) is 0 Å². The average Bonchev–Trinajstić information content (AvgIpc) is 2.90. The average molecular weight is 385 g/mol. The van der Waals surface area contributed by atoms with Crippen LogP contribution < -0.4 is 10.2 Å². The highest BCUT2D eigenvalue weighted by molar-refractivity contribution is 7.99. The first-order valence-corrected chi connectivity index (χ1v) is 8.53. The van der Waals surface area contributed by atoms with Crippen LogP contribution in [0.15, 0.2) is 29.4 Å². The van der Waals surface area contributed by atoms with Gasteiger partial charge in [-0.1, -0.05) is 23.9 Å². The Morgan fingerprint density at radius 1 is 1.38 bits per heavy atom. The smallest absolute Gasteiger partial charge is 0.324 e. The number of hydrogen-bond acceptors (Lipinski definition) is 5. The molecule has 1 aromatic heterocycles. The number of nitrogens with one attached hydrogen (secondary N) is 2. The van der Waals surface area contributed by atoms with Gasteiger partial charge in [0.25, 0.3) is 0 Å². The molecule has 138 valence electrons. The number of para-hydroxylation sites is 2. The van der Waals surface area contributed by atoms with Gasteiger partial charge in [0.15, 0.2) is 0 Å². The van der Waals surface area contributed by atoms with E-state index in [2.05, 4.69) is 20.5 Å². The number of H-pyrrole nitrogens is 1. The molecule has 1 atom stereocenters. The number of amides is 2. The lowest BCUT2D eigenvalue weighted by Gasteiger charge is -2.31. The second-order valence-corrected chi connectivity index (χ2v) is 6.53. The lowest BCUT2D eigenvalue weighted by Crippen LogP contribution is -2.50. The summed E-state index contributed by atoms with van der Waals surface area (Å²) in [5.41, 5.74) is 0.175. The van der Waals surface area contributed by atoms with Crippen LogP contribution in [-0.2, 0) is 9.59 Å². The topological polar surface area (TPSA) is 91.0 Å². The summed E-state index contributed by atoms with van der Waals surface area (Å²) in [6.45, 7) is 1.67. The normalized spacial score (nSPS) is 17.5. The van der Waals surface area contributed by atoms with Crippen molar-refractivity contribution in [2.24, 2.45) is 0 Å². The first-order chi connectivity index (χ1) is 12.3. The largest absolute Gasteiger partial charge is 0.409 e. The van der Waals surface area contributed by atoms with Crippen molar-refractivity contribution in [1.29, 1.82) is 0 Å². The lowest BCUT2D eigenvalue weighted by atomic mass is 10.1. The van der Waals surface area contributed by atoms with E-state index in [1.54, 1.807) is 13.0 Å². The Hall–Kier alpha value is -2.56. The number of hydrogen-bond donors (Lipinski definition) is 2. The number of benzene rings is 1. The van der Waals surface area contributed by atoms with E-state index in [0.29, 0.717) is 10.7 Å². The highest BCUT2D eigenvalue weighted by atomic mass is 32.2. The van der Waals surface area contributed by atoms with Crippen LogP contribution in [0.4, 0.5) is 24.5 Å². The van der Waals surface area contributed by atoms with E-state index in [9.17, 15) is 22.8 Å². The summed E-state index contributed by atoms with van der Waals surface area (Å²) < 4.78 is 40.7. The third-order valence-electron chi connectivity index (χ3n) is 3.68. The number of carbonyl (C=O) groups excluding carboxylic acids is 2. The molecule has 0 saturated carbocycles. The van der Waals surface area contributed by atoms with Crippen LogP contribution in [-0.4, -0.2) is 45.0 Å². The van der Waals surface area contributed by atoms with Crippen LogP contribution in [0.3, 0.4) is 0 Å². The molecule has 0 aliphatic carbocycles. The number of anilines is 2. The Morgan fingerprint density at radius 2 is 2.12 bits per heavy atom. The third-order valence-corrected chi connectivity index (χ3v) is 4.51. The SMILES string of the molecule is Cc1nc(SCC(=O)N2c3ccccc3NC(=O)CC2C(F)(F)F)n[nH]1. The van der Waals surface area contributed by atoms with Gasteiger partial charge in [0.1, 0.15) is 11.9 Å². The second-order valence-electron chi connectivity index (χ2n) is 5.58. The summed E-state index contributed by atoms with van der Waals surface area (Å²) >= 11 is 0.921. The minimum atomic E-state index is -4.75. The van der Waals surface area contributed by atoms with Gasteiger partial charge < -0.3 is 5.32 Å². The fourth-order valence-electron chi connectivity index (χ4n) is 2.58. The van der Waals surface area contributed by atoms with Gasteiger partial charge in [0.2, 0.25) is 17.0 Å². The Bertz CT molecular complexity index is 839. The predicted molar refractivity (Wildman–Crippen MR) is 88.9 cm³/mol. The molecule has 2 N–H and O–H groups in total. The quantitative estimate of drug-likeness (QED) is 0.793. The van der Waals surface area contributed by atoms with Crippen molar-refractivity contribution in [3.63, 3.8) is 0 Å². The van der Waals surface area contributed by atoms with Gasteiger partial charge in [-0.3, -0.25) is 19.6 Å². The van der Waals surface area contributed by atoms with Gasteiger partial charge in [-0.25, -0.2) is 4.98 Å². The molecule has 3 rings (SSSR count). The van der Waals surface area contributed by atoms with E-state index in [-0.39, 0.29) is 22.3 Å². The first kappa shape index (κ1) is 18.2. The van der Waals surface area contributed by atoms with Crippen molar-refractivity contribution in [2.75, 3.05) is 16.0 Å². The monoisotopic (exact) mass is 385 g/mol. The molecule has 0 saturated heterocycles. The highest BCUT2D eigenvalue weighted by Gasteiger charge is 2.48. The van der Waals surface area contributed by atoms with Gasteiger partial charge >= 0.3 is 6.18 Å². The number of thioether (sulfide) groups is 1. The number of alkyl halides is 3. The molecule has 0 radical (unpaired) electrons. The van der Waals surface area contributed by atoms with Gasteiger partial charge in [-0.15, -0.1) is 5.10 Å². The van der Waals surface area contributed by atoms with Crippen LogP contribution >= 0.6 is 11.8 Å². The zero-order chi connectivity index (χ0) is 18.9. The number of rotatable bonds is 3. The summed E-state index contributed by atoms with van der Waals surface area (Å²) in [4.78, 5) is 29.2. The summed E-state index contributed by atoms with van der Waals surface area (Å²) in [7, 11) is 0. The molecule has 1 unspecified atom stereocenters. The Balaban J connectivity index is 1.93. The summed E-state index contributed by atoms with van der Waals surface area (Å²) in [5, 5.41) is 9.12. The summed E-state index contributed by atoms with van der Waals surface area (Å²) in [6.07, 6.45) is -5.62. The predicted octanol–water partition coefficient (Wildman–Crippen LogP) is 2.51. The number of halogens is 3. The number of aromatic nitrogens is 3. The maximum atomic E-state index is 13.6. The summed E-state index contributed by atoms with van der Waals surface area (Å²) in [5.74, 6) is -1.36. The van der Waals surface area contributed by atoms with Crippen molar-refractivity contribution < 1.29 is 22.8 Å². The zero-order valence-electron chi connectivity index (χ0n) is 13.5. The second kappa shape index (κ2) is 6.98. The molecule has 1 aliphatic heterocycles. The van der Waals surface area contributed by atoms with E-state index in [4.69, 9.17) is 0 Å². The van der Waals surface area contributed by atoms with Crippen molar-refractivity contribution >= 4 is 35.0 Å². The van der Waals surface area contributed by atoms with E-state index in [1.165, 1.54) is 18.2 Å². The number of fused-ring (bicyclic) bond motifs is 1. The van der Waals surface area contributed by atoms with Gasteiger partial charge in [-0.2, -0.15) is 13.2 Å². The van der Waals surface area contributed by atoms with Crippen LogP contribution in [0, 0.1) is 6.92 Å². The zero-order valence-corrected chi connectivity index (χ0v) is 14.3. The lowest BCUT2D eigenvalue weighted by molar-refractivity contribution is -0.157. The molecule has 26 heavy (non-hydrogen) atoms. The van der Waals surface area contributed by atoms with E-state index < -0.39 is 30.5 Å². The van der Waals surface area contributed by atoms with Crippen molar-refractivity contribution in [3.05, 3.63) is 30.1 Å². The minimum absolute atomic E-state index is 0.0115. The van der Waals surface area contributed by atoms with E-state index >= 15 is 0 Å². The standard InChI is InChI=1S/C15H14F3N5O2S/c1-8-19-14(22-21-8)26-7-13(25)23-10-5-3-2-4-9(10)20-12(24)6-11(23)15(16,17)18/h2-5,11H,6-7H2,1H3,(H,20,24)(H,19,21,22). The van der Waals surface area contributed by atoms with Gasteiger partial charge in [0.05, 0.1) is 23.5 Å². The third kappa shape index (κ3) is 3.82. The molecular formula is C15H14F3N5O2S. The minimum Gasteiger partial charge on any atom is -0.324 e. The molecule has 1 aliphatic rings. The molecule has 1 aromatic carbocycles. The molecule has 0 fully saturated rings. The van der Waals surface area contributed by atoms with Crippen molar-refractivity contribution in [3.8, 4) is 0 Å². The molecule has 7 nitrogen and oxygen atoms in total. The number of aryl methyl sites for hydroxylation is 1. The Morgan fingerprint density at radius 3 is 2.77 bits per heavy atom. The van der Waals surface area contributed by atoms with Crippen LogP contribution in [0.5, 0.6) is 0 Å². The highest BCUT2D eigenvalue weighted by Crippen LogP contribution is 2.38. The molecule has 0 spiro atoms. The van der Waals surface area contributed by atoms with E-state index in [0.717, 1.165) is 11.8 Å². The van der Waals surface area contributed by atoms with Gasteiger partial charge in [0, 0.05) is 0 Å². The molecule has 2 amide bonds. The first-order valence-electron chi connectivity index (χ1n) is 7.55. The van der Waals surface area contributed by atoms with E-state index in [1.807, 2.05) is 0 Å². The molecule has 0 bridgehead atoms. The fraction of sp³-hybridized carbons (Fsp3) is 0.333. The maximum Gasteiger partial charge on any atom is 0.409 e. The molecular weight excluding hydrogens is 371 g/mol. The maximum absolute atomic E-state index is 13.6. The molecule has 2 aromatic rings. The number of aromatic amines is 1. The molecule has 2 heterocycles. The Kier molecular flexibility index (Phi) is 4.90. The van der Waals surface area contributed by atoms with Crippen molar-refractivity contribution in [1.82, 2.24) is 15.2 Å². The van der Waals surface area contributed by atoms with Crippen molar-refractivity contribution in [2.45, 2.75) is 30.7 Å². The molecule has 11 heteroatoms.